The third-order valence-electron chi connectivity index (χ3n) is 2.93. The lowest BCUT2D eigenvalue weighted by atomic mass is 9.79. The molecule has 1 unspecified atom stereocenters. The third-order valence-corrected chi connectivity index (χ3v) is 4.37. The molecule has 0 aliphatic carbocycles. The van der Waals surface area contributed by atoms with Gasteiger partial charge in [-0.15, -0.1) is 0 Å². The highest BCUT2D eigenvalue weighted by atomic mass is 32.2. The minimum Gasteiger partial charge on any atom is -0.302 e. The predicted octanol–water partition coefficient (Wildman–Crippen LogP) is 1.06. The number of amides is 2. The average molecular weight is 260 g/mol. The number of carbonyl (C=O) groups excluding carboxylic acids is 2. The fraction of sp³-hybridized carbons (Fsp3) is 0.700. The van der Waals surface area contributed by atoms with Crippen LogP contribution in [0.25, 0.3) is 0 Å². The van der Waals surface area contributed by atoms with Gasteiger partial charge in [-0.2, -0.15) is 11.8 Å². The molecule has 1 rings (SSSR count). The van der Waals surface area contributed by atoms with Crippen LogP contribution in [0.4, 0.5) is 0 Å². The van der Waals surface area contributed by atoms with Gasteiger partial charge in [0, 0.05) is 5.25 Å². The van der Waals surface area contributed by atoms with Crippen LogP contribution in [0.3, 0.4) is 0 Å². The Hall–Kier alpha value is -0.620. The molecule has 6 heteroatoms. The van der Waals surface area contributed by atoms with Crippen LogP contribution >= 0.6 is 24.0 Å². The van der Waals surface area contributed by atoms with E-state index in [0.29, 0.717) is 6.42 Å². The van der Waals surface area contributed by atoms with E-state index in [0.717, 1.165) is 5.75 Å². The molecule has 2 amide bonds. The number of hydrogen-bond acceptors (Lipinski definition) is 4. The lowest BCUT2D eigenvalue weighted by Gasteiger charge is -2.38. The van der Waals surface area contributed by atoms with Crippen LogP contribution in [0.5, 0.6) is 0 Å². The van der Waals surface area contributed by atoms with Crippen molar-refractivity contribution >= 4 is 40.9 Å². The zero-order valence-electron chi connectivity index (χ0n) is 9.62. The molecule has 0 bridgehead atoms. The van der Waals surface area contributed by atoms with Crippen LogP contribution in [-0.2, 0) is 9.59 Å². The molecule has 0 saturated carbocycles. The van der Waals surface area contributed by atoms with E-state index in [9.17, 15) is 9.59 Å². The Labute approximate surface area is 105 Å². The highest BCUT2D eigenvalue weighted by Crippen LogP contribution is 2.36. The molecular formula is C10H16N2O2S2. The van der Waals surface area contributed by atoms with Crippen molar-refractivity contribution < 1.29 is 9.59 Å². The van der Waals surface area contributed by atoms with Gasteiger partial charge in [0.2, 0.25) is 11.8 Å². The summed E-state index contributed by atoms with van der Waals surface area (Å²) in [5, 5.41) is 5.12. The second-order valence-electron chi connectivity index (χ2n) is 3.66. The molecule has 1 fully saturated rings. The van der Waals surface area contributed by atoms with Crippen LogP contribution in [0.2, 0.25) is 0 Å². The van der Waals surface area contributed by atoms with E-state index in [-0.39, 0.29) is 22.2 Å². The van der Waals surface area contributed by atoms with Crippen molar-refractivity contribution in [1.29, 1.82) is 0 Å². The molecule has 90 valence electrons. The van der Waals surface area contributed by atoms with Gasteiger partial charge < -0.3 is 10.6 Å². The molecule has 0 aromatic heterocycles. The minimum atomic E-state index is -0.997. The minimum absolute atomic E-state index is 0.0643. The van der Waals surface area contributed by atoms with Crippen molar-refractivity contribution in [2.24, 2.45) is 5.41 Å². The molecule has 0 aromatic rings. The van der Waals surface area contributed by atoms with Crippen LogP contribution in [-0.4, -0.2) is 27.9 Å². The maximum Gasteiger partial charge on any atom is 0.242 e. The molecule has 0 spiro atoms. The van der Waals surface area contributed by atoms with Gasteiger partial charge in [0.15, 0.2) is 5.11 Å². The maximum absolute atomic E-state index is 12.0. The Morgan fingerprint density at radius 1 is 1.31 bits per heavy atom. The predicted molar refractivity (Wildman–Crippen MR) is 69.2 cm³/mol. The third kappa shape index (κ3) is 2.08. The standard InChI is InChI=1S/C10H16N2O2S2/c1-4-10(6(3)16-5-2)7(13)11-9(15)12-8(10)14/h6H,4-5H2,1-3H3,(H2,11,12,13,14,15). The van der Waals surface area contributed by atoms with Gasteiger partial charge in [0.1, 0.15) is 5.41 Å². The fourth-order valence-electron chi connectivity index (χ4n) is 1.93. The van der Waals surface area contributed by atoms with Gasteiger partial charge in [-0.05, 0) is 24.4 Å². The summed E-state index contributed by atoms with van der Waals surface area (Å²) in [5.74, 6) is 0.308. The summed E-state index contributed by atoms with van der Waals surface area (Å²) >= 11 is 6.40. The van der Waals surface area contributed by atoms with Crippen molar-refractivity contribution in [3.05, 3.63) is 0 Å². The number of thioether (sulfide) groups is 1. The summed E-state index contributed by atoms with van der Waals surface area (Å²) in [6.45, 7) is 5.76. The first kappa shape index (κ1) is 13.4. The summed E-state index contributed by atoms with van der Waals surface area (Å²) in [6, 6.07) is 0. The van der Waals surface area contributed by atoms with Crippen LogP contribution in [0.15, 0.2) is 0 Å². The molecule has 0 radical (unpaired) electrons. The summed E-state index contributed by atoms with van der Waals surface area (Å²) in [4.78, 5) is 24.0. The van der Waals surface area contributed by atoms with Crippen LogP contribution in [0, 0.1) is 5.41 Å². The average Bonchev–Trinajstić information content (AvgIpc) is 2.18. The number of rotatable bonds is 4. The Bertz CT molecular complexity index is 311. The number of hydrogen-bond donors (Lipinski definition) is 2. The monoisotopic (exact) mass is 260 g/mol. The fourth-order valence-corrected chi connectivity index (χ4v) is 3.28. The Morgan fingerprint density at radius 3 is 2.19 bits per heavy atom. The Morgan fingerprint density at radius 2 is 1.81 bits per heavy atom. The normalized spacial score (nSPS) is 21.3. The number of nitrogens with one attached hydrogen (secondary N) is 2. The lowest BCUT2D eigenvalue weighted by Crippen LogP contribution is -2.65. The van der Waals surface area contributed by atoms with Crippen molar-refractivity contribution in [1.82, 2.24) is 10.6 Å². The summed E-state index contributed by atoms with van der Waals surface area (Å²) in [5.41, 5.74) is -0.997. The highest BCUT2D eigenvalue weighted by molar-refractivity contribution is 7.99. The SMILES string of the molecule is CCSC(C)C1(CC)C(=O)NC(=S)NC1=O. The van der Waals surface area contributed by atoms with Crippen molar-refractivity contribution in [2.45, 2.75) is 32.4 Å². The van der Waals surface area contributed by atoms with E-state index in [4.69, 9.17) is 12.2 Å². The first-order valence-electron chi connectivity index (χ1n) is 5.27. The van der Waals surface area contributed by atoms with Crippen molar-refractivity contribution in [3.8, 4) is 0 Å². The van der Waals surface area contributed by atoms with Crippen molar-refractivity contribution in [2.75, 3.05) is 5.75 Å². The van der Waals surface area contributed by atoms with Crippen LogP contribution < -0.4 is 10.6 Å². The topological polar surface area (TPSA) is 58.2 Å². The molecule has 1 saturated heterocycles. The highest BCUT2D eigenvalue weighted by Gasteiger charge is 2.51. The molecule has 1 heterocycles. The first-order valence-corrected chi connectivity index (χ1v) is 6.73. The van der Waals surface area contributed by atoms with Gasteiger partial charge in [-0.25, -0.2) is 0 Å². The number of thiocarbonyl (C=S) groups is 1. The zero-order chi connectivity index (χ0) is 12.3. The molecule has 16 heavy (non-hydrogen) atoms. The Balaban J connectivity index is 3.05. The van der Waals surface area contributed by atoms with E-state index in [2.05, 4.69) is 10.6 Å². The molecule has 1 aliphatic heterocycles. The van der Waals surface area contributed by atoms with E-state index in [1.807, 2.05) is 20.8 Å². The Kier molecular flexibility index (Phi) is 4.32. The second-order valence-corrected chi connectivity index (χ2v) is 5.69. The summed E-state index contributed by atoms with van der Waals surface area (Å²) < 4.78 is 0. The van der Waals surface area contributed by atoms with Crippen LogP contribution in [0.1, 0.15) is 27.2 Å². The zero-order valence-corrected chi connectivity index (χ0v) is 11.3. The van der Waals surface area contributed by atoms with Gasteiger partial charge >= 0.3 is 0 Å². The largest absolute Gasteiger partial charge is 0.302 e. The smallest absolute Gasteiger partial charge is 0.242 e. The molecule has 0 aromatic carbocycles. The lowest BCUT2D eigenvalue weighted by molar-refractivity contribution is -0.143. The van der Waals surface area contributed by atoms with E-state index in [1.54, 1.807) is 11.8 Å². The first-order chi connectivity index (χ1) is 7.48. The summed E-state index contributed by atoms with van der Waals surface area (Å²) in [7, 11) is 0. The van der Waals surface area contributed by atoms with E-state index in [1.165, 1.54) is 0 Å². The van der Waals surface area contributed by atoms with Gasteiger partial charge in [-0.1, -0.05) is 20.8 Å². The second kappa shape index (κ2) is 5.14. The maximum atomic E-state index is 12.0. The molecule has 1 atom stereocenters. The molecule has 1 aliphatic rings. The van der Waals surface area contributed by atoms with Gasteiger partial charge in [-0.3, -0.25) is 9.59 Å². The number of carbonyl (C=O) groups is 2. The van der Waals surface area contributed by atoms with Gasteiger partial charge in [0.25, 0.3) is 0 Å². The molecule has 2 N–H and O–H groups in total. The molecule has 4 nitrogen and oxygen atoms in total. The van der Waals surface area contributed by atoms with E-state index >= 15 is 0 Å². The van der Waals surface area contributed by atoms with Gasteiger partial charge in [0.05, 0.1) is 0 Å². The van der Waals surface area contributed by atoms with Crippen molar-refractivity contribution in [3.63, 3.8) is 0 Å². The summed E-state index contributed by atoms with van der Waals surface area (Å²) in [6.07, 6.45) is 0.474. The van der Waals surface area contributed by atoms with E-state index < -0.39 is 5.41 Å². The quantitative estimate of drug-likeness (QED) is 0.586. The molecular weight excluding hydrogens is 244 g/mol.